The Hall–Kier alpha value is -3.50. The Morgan fingerprint density at radius 1 is 1.28 bits per heavy atom. The first-order valence-corrected chi connectivity index (χ1v) is 12.3. The number of methoxy groups -OCH3 is 1. The van der Waals surface area contributed by atoms with E-state index in [2.05, 4.69) is 26.5 Å². The minimum atomic E-state index is -0.0334. The van der Waals surface area contributed by atoms with Crippen molar-refractivity contribution in [1.82, 2.24) is 14.5 Å². The summed E-state index contributed by atoms with van der Waals surface area (Å²) in [5, 5.41) is 0. The number of imidazole rings is 1. The van der Waals surface area contributed by atoms with Crippen LogP contribution in [0.4, 0.5) is 0 Å². The van der Waals surface area contributed by atoms with Crippen LogP contribution in [0.3, 0.4) is 0 Å². The molecule has 36 heavy (non-hydrogen) atoms. The zero-order valence-corrected chi connectivity index (χ0v) is 21.3. The SMILES string of the molecule is COC(C)CN=C(N=CN)c1cn2c(n1)-c1ccc(C(C=CN)=NC3CCN(C)CC3)cc1OCC2. The maximum absolute atomic E-state index is 6.13. The van der Waals surface area contributed by atoms with Crippen molar-refractivity contribution in [3.8, 4) is 17.1 Å². The number of aromatic nitrogens is 2. The number of hydrogen-bond acceptors (Lipinski definition) is 7. The maximum Gasteiger partial charge on any atom is 0.176 e. The molecule has 192 valence electrons. The minimum Gasteiger partial charge on any atom is -0.491 e. The molecule has 2 aliphatic heterocycles. The molecule has 0 spiro atoms. The van der Waals surface area contributed by atoms with E-state index >= 15 is 0 Å². The summed E-state index contributed by atoms with van der Waals surface area (Å²) >= 11 is 0. The molecule has 2 aliphatic rings. The third kappa shape index (κ3) is 6.00. The number of hydrogen-bond donors (Lipinski definition) is 2. The van der Waals surface area contributed by atoms with E-state index in [9.17, 15) is 0 Å². The van der Waals surface area contributed by atoms with Crippen LogP contribution in [0.5, 0.6) is 5.75 Å². The molecule has 2 aromatic rings. The van der Waals surface area contributed by atoms with Gasteiger partial charge >= 0.3 is 0 Å². The standard InChI is InChI=1S/C26H36N8O2/c1-18(35-3)15-29-25(30-17-28)23-16-34-12-13-36-24-14-19(4-5-21(24)26(34)32-23)22(6-9-27)31-20-7-10-33(2)11-8-20/h4-6,9,14,16-18,20H,7-8,10-13,15,27H2,1-3H3,(H2,28,29,30). The molecule has 1 fully saturated rings. The molecular weight excluding hydrogens is 456 g/mol. The third-order valence-corrected chi connectivity index (χ3v) is 6.47. The normalized spacial score (nSPS) is 18.8. The number of ether oxygens (including phenoxy) is 2. The lowest BCUT2D eigenvalue weighted by Crippen LogP contribution is -2.32. The number of fused-ring (bicyclic) bond motifs is 3. The molecule has 0 bridgehead atoms. The van der Waals surface area contributed by atoms with Gasteiger partial charge in [0.1, 0.15) is 23.9 Å². The van der Waals surface area contributed by atoms with Crippen molar-refractivity contribution in [2.24, 2.45) is 26.4 Å². The first kappa shape index (κ1) is 25.6. The van der Waals surface area contributed by atoms with Crippen molar-refractivity contribution in [3.63, 3.8) is 0 Å². The van der Waals surface area contributed by atoms with Crippen LogP contribution >= 0.6 is 0 Å². The monoisotopic (exact) mass is 492 g/mol. The number of piperidine rings is 1. The highest BCUT2D eigenvalue weighted by Crippen LogP contribution is 2.33. The number of likely N-dealkylation sites (tertiary alicyclic amines) is 1. The predicted octanol–water partition coefficient (Wildman–Crippen LogP) is 2.07. The van der Waals surface area contributed by atoms with Gasteiger partial charge in [0.15, 0.2) is 5.84 Å². The Morgan fingerprint density at radius 2 is 2.08 bits per heavy atom. The summed E-state index contributed by atoms with van der Waals surface area (Å²) < 4.78 is 13.5. The van der Waals surface area contributed by atoms with Crippen molar-refractivity contribution >= 4 is 17.9 Å². The Bertz CT molecular complexity index is 1160. The smallest absolute Gasteiger partial charge is 0.176 e. The van der Waals surface area contributed by atoms with Crippen molar-refractivity contribution in [1.29, 1.82) is 0 Å². The lowest BCUT2D eigenvalue weighted by molar-refractivity contribution is 0.125. The van der Waals surface area contributed by atoms with E-state index in [0.29, 0.717) is 31.2 Å². The van der Waals surface area contributed by atoms with E-state index in [0.717, 1.165) is 54.3 Å². The van der Waals surface area contributed by atoms with Gasteiger partial charge in [0, 0.05) is 18.9 Å². The molecule has 1 aromatic heterocycles. The van der Waals surface area contributed by atoms with Crippen LogP contribution in [0.25, 0.3) is 11.4 Å². The molecule has 10 nitrogen and oxygen atoms in total. The number of rotatable bonds is 7. The van der Waals surface area contributed by atoms with Crippen molar-refractivity contribution in [3.05, 3.63) is 47.9 Å². The summed E-state index contributed by atoms with van der Waals surface area (Å²) in [6.45, 7) is 5.68. The number of allylic oxidation sites excluding steroid dienone is 1. The lowest BCUT2D eigenvalue weighted by atomic mass is 10.0. The first-order valence-electron chi connectivity index (χ1n) is 12.3. The highest BCUT2D eigenvalue weighted by molar-refractivity contribution is 6.09. The van der Waals surface area contributed by atoms with Crippen LogP contribution < -0.4 is 16.2 Å². The zero-order valence-electron chi connectivity index (χ0n) is 21.3. The molecule has 1 saturated heterocycles. The lowest BCUT2D eigenvalue weighted by Gasteiger charge is -2.27. The van der Waals surface area contributed by atoms with Crippen LogP contribution in [0, 0.1) is 0 Å². The summed E-state index contributed by atoms with van der Waals surface area (Å²) in [6, 6.07) is 6.40. The molecule has 0 amide bonds. The number of amidine groups is 1. The van der Waals surface area contributed by atoms with E-state index < -0.39 is 0 Å². The van der Waals surface area contributed by atoms with Gasteiger partial charge in [0.2, 0.25) is 0 Å². The van der Waals surface area contributed by atoms with Gasteiger partial charge in [-0.15, -0.1) is 0 Å². The molecule has 0 saturated carbocycles. The van der Waals surface area contributed by atoms with Crippen molar-refractivity contribution < 1.29 is 9.47 Å². The molecule has 0 aliphatic carbocycles. The number of nitrogens with two attached hydrogens (primary N) is 2. The van der Waals surface area contributed by atoms with Crippen LogP contribution in [0.1, 0.15) is 31.0 Å². The van der Waals surface area contributed by atoms with Gasteiger partial charge < -0.3 is 30.4 Å². The quantitative estimate of drug-likeness (QED) is 0.450. The second-order valence-electron chi connectivity index (χ2n) is 9.10. The van der Waals surface area contributed by atoms with E-state index in [4.69, 9.17) is 30.9 Å². The molecule has 10 heteroatoms. The van der Waals surface area contributed by atoms with E-state index in [1.54, 1.807) is 13.3 Å². The fourth-order valence-corrected chi connectivity index (χ4v) is 4.32. The molecular formula is C26H36N8O2. The van der Waals surface area contributed by atoms with Gasteiger partial charge in [0.05, 0.1) is 42.8 Å². The van der Waals surface area contributed by atoms with E-state index in [1.165, 1.54) is 6.34 Å². The Kier molecular flexibility index (Phi) is 8.50. The Labute approximate surface area is 212 Å². The molecule has 0 radical (unpaired) electrons. The second-order valence-corrected chi connectivity index (χ2v) is 9.10. The molecule has 4 N–H and O–H groups in total. The minimum absolute atomic E-state index is 0.0334. The van der Waals surface area contributed by atoms with E-state index in [-0.39, 0.29) is 12.1 Å². The summed E-state index contributed by atoms with van der Waals surface area (Å²) in [5.74, 6) is 2.03. The number of benzene rings is 1. The van der Waals surface area contributed by atoms with Gasteiger partial charge in [-0.1, -0.05) is 6.07 Å². The summed E-state index contributed by atoms with van der Waals surface area (Å²) in [5.41, 5.74) is 14.8. The first-order chi connectivity index (χ1) is 17.5. The topological polar surface area (TPSA) is 129 Å². The Morgan fingerprint density at radius 3 is 2.81 bits per heavy atom. The van der Waals surface area contributed by atoms with E-state index in [1.807, 2.05) is 37.4 Å². The van der Waals surface area contributed by atoms with Crippen LogP contribution in [-0.4, -0.2) is 84.9 Å². The van der Waals surface area contributed by atoms with Gasteiger partial charge in [-0.2, -0.15) is 0 Å². The molecule has 1 aromatic carbocycles. The average Bonchev–Trinajstić information content (AvgIpc) is 3.23. The average molecular weight is 493 g/mol. The van der Waals surface area contributed by atoms with Gasteiger partial charge in [0.25, 0.3) is 0 Å². The van der Waals surface area contributed by atoms with Crippen LogP contribution in [0.2, 0.25) is 0 Å². The zero-order chi connectivity index (χ0) is 25.5. The Balaban J connectivity index is 1.66. The molecule has 1 unspecified atom stereocenters. The fraction of sp³-hybridized carbons (Fsp3) is 0.462. The highest BCUT2D eigenvalue weighted by Gasteiger charge is 2.22. The molecule has 3 heterocycles. The second kappa shape index (κ2) is 12.0. The van der Waals surface area contributed by atoms with Crippen LogP contribution in [-0.2, 0) is 11.3 Å². The largest absolute Gasteiger partial charge is 0.491 e. The molecule has 1 atom stereocenters. The molecule has 4 rings (SSSR count). The van der Waals surface area contributed by atoms with Gasteiger partial charge in [-0.25, -0.2) is 9.98 Å². The van der Waals surface area contributed by atoms with Gasteiger partial charge in [-0.05, 0) is 64.3 Å². The number of aliphatic imine (C=N–C) groups is 3. The summed E-state index contributed by atoms with van der Waals surface area (Å²) in [4.78, 5) is 21.0. The van der Waals surface area contributed by atoms with Crippen LogP contribution in [0.15, 0.2) is 51.6 Å². The van der Waals surface area contributed by atoms with Crippen molar-refractivity contribution in [2.75, 3.05) is 40.4 Å². The summed E-state index contributed by atoms with van der Waals surface area (Å²) in [6.07, 6.45) is 8.63. The highest BCUT2D eigenvalue weighted by atomic mass is 16.5. The summed E-state index contributed by atoms with van der Waals surface area (Å²) in [7, 11) is 3.81. The third-order valence-electron chi connectivity index (χ3n) is 6.47. The number of nitrogens with zero attached hydrogens (tertiary/aromatic N) is 6. The maximum atomic E-state index is 6.13. The van der Waals surface area contributed by atoms with Gasteiger partial charge in [-0.3, -0.25) is 9.98 Å². The fourth-order valence-electron chi connectivity index (χ4n) is 4.32. The van der Waals surface area contributed by atoms with Crippen molar-refractivity contribution in [2.45, 2.75) is 38.5 Å². The predicted molar refractivity (Wildman–Crippen MR) is 144 cm³/mol.